The van der Waals surface area contributed by atoms with Crippen LogP contribution in [-0.2, 0) is 4.79 Å². The molecule has 116 valence electrons. The van der Waals surface area contributed by atoms with E-state index >= 15 is 0 Å². The Morgan fingerprint density at radius 1 is 1.00 bits per heavy atom. The molecular formula is C18H28N2O. The zero-order chi connectivity index (χ0) is 16.3. The Balaban J connectivity index is 5.34. The van der Waals surface area contributed by atoms with Crippen LogP contribution >= 0.6 is 0 Å². The molecule has 0 unspecified atom stereocenters. The summed E-state index contributed by atoms with van der Waals surface area (Å²) in [5.74, 6) is -0.0269. The van der Waals surface area contributed by atoms with Crippen LogP contribution in [0.5, 0.6) is 0 Å². The number of hydrogen-bond acceptors (Lipinski definition) is 3. The highest BCUT2D eigenvalue weighted by molar-refractivity contribution is 6.03. The molecule has 0 aromatic rings. The van der Waals surface area contributed by atoms with Gasteiger partial charge >= 0.3 is 0 Å². The number of carbonyl (C=O) groups is 1. The molecule has 0 aliphatic carbocycles. The minimum Gasteiger partial charge on any atom is -0.358 e. The molecule has 0 fully saturated rings. The van der Waals surface area contributed by atoms with Crippen molar-refractivity contribution in [3.8, 4) is 0 Å². The number of nitrogens with one attached hydrogen (secondary N) is 2. The average molecular weight is 288 g/mol. The van der Waals surface area contributed by atoms with Crippen molar-refractivity contribution in [3.63, 3.8) is 0 Å². The third kappa shape index (κ3) is 7.35. The van der Waals surface area contributed by atoms with Crippen LogP contribution < -0.4 is 10.6 Å². The van der Waals surface area contributed by atoms with Crippen molar-refractivity contribution in [2.24, 2.45) is 0 Å². The maximum absolute atomic E-state index is 11.9. The number of ketones is 1. The molecule has 21 heavy (non-hydrogen) atoms. The van der Waals surface area contributed by atoms with Gasteiger partial charge < -0.3 is 10.6 Å². The van der Waals surface area contributed by atoms with Crippen molar-refractivity contribution in [3.05, 3.63) is 59.2 Å². The summed E-state index contributed by atoms with van der Waals surface area (Å²) in [6, 6.07) is 0. The van der Waals surface area contributed by atoms with Crippen LogP contribution in [0, 0.1) is 0 Å². The lowest BCUT2D eigenvalue weighted by molar-refractivity contribution is -0.111. The molecule has 0 bridgehead atoms. The van der Waals surface area contributed by atoms with E-state index in [4.69, 9.17) is 0 Å². The van der Waals surface area contributed by atoms with Crippen molar-refractivity contribution in [2.45, 2.75) is 48.0 Å². The highest BCUT2D eigenvalue weighted by Gasteiger charge is 2.07. The molecule has 2 N–H and O–H groups in total. The van der Waals surface area contributed by atoms with Crippen molar-refractivity contribution in [1.82, 2.24) is 10.6 Å². The fourth-order valence-electron chi connectivity index (χ4n) is 1.57. The second-order valence-electron chi connectivity index (χ2n) is 4.64. The van der Waals surface area contributed by atoms with Crippen LogP contribution in [-0.4, -0.2) is 5.78 Å². The third-order valence-electron chi connectivity index (χ3n) is 2.88. The van der Waals surface area contributed by atoms with Gasteiger partial charge in [-0.1, -0.05) is 31.2 Å². The SMILES string of the molecule is C/C=C\C(=O)/C(=C\C)N/C(C)=C(/C=C\CC)N/C(C)=C/C. The minimum absolute atomic E-state index is 0.0269. The van der Waals surface area contributed by atoms with Gasteiger partial charge in [-0.2, -0.15) is 0 Å². The van der Waals surface area contributed by atoms with E-state index in [1.165, 1.54) is 0 Å². The Morgan fingerprint density at radius 2 is 1.67 bits per heavy atom. The summed E-state index contributed by atoms with van der Waals surface area (Å²) in [6.07, 6.45) is 12.2. The molecular weight excluding hydrogens is 260 g/mol. The zero-order valence-corrected chi connectivity index (χ0v) is 14.1. The lowest BCUT2D eigenvalue weighted by Gasteiger charge is -2.15. The van der Waals surface area contributed by atoms with Gasteiger partial charge in [0.2, 0.25) is 5.78 Å². The molecule has 0 spiro atoms. The van der Waals surface area contributed by atoms with Gasteiger partial charge in [0.25, 0.3) is 0 Å². The van der Waals surface area contributed by atoms with Crippen LogP contribution in [0.15, 0.2) is 59.2 Å². The minimum atomic E-state index is -0.0269. The van der Waals surface area contributed by atoms with Crippen LogP contribution in [0.25, 0.3) is 0 Å². The summed E-state index contributed by atoms with van der Waals surface area (Å²) in [5, 5.41) is 6.53. The lowest BCUT2D eigenvalue weighted by atomic mass is 10.2. The molecule has 0 aliphatic heterocycles. The number of allylic oxidation sites excluding steroid dienone is 8. The van der Waals surface area contributed by atoms with E-state index < -0.39 is 0 Å². The van der Waals surface area contributed by atoms with E-state index in [0.29, 0.717) is 5.70 Å². The number of hydrogen-bond donors (Lipinski definition) is 2. The fourth-order valence-corrected chi connectivity index (χ4v) is 1.57. The van der Waals surface area contributed by atoms with Crippen LogP contribution in [0.1, 0.15) is 48.0 Å². The second-order valence-corrected chi connectivity index (χ2v) is 4.64. The Kier molecular flexibility index (Phi) is 9.69. The van der Waals surface area contributed by atoms with Gasteiger partial charge in [-0.05, 0) is 53.2 Å². The maximum atomic E-state index is 11.9. The molecule has 0 atom stereocenters. The van der Waals surface area contributed by atoms with Gasteiger partial charge in [0.15, 0.2) is 0 Å². The van der Waals surface area contributed by atoms with Crippen LogP contribution in [0.2, 0.25) is 0 Å². The molecule has 0 heterocycles. The summed E-state index contributed by atoms with van der Waals surface area (Å²) in [4.78, 5) is 11.9. The predicted octanol–water partition coefficient (Wildman–Crippen LogP) is 4.34. The van der Waals surface area contributed by atoms with Gasteiger partial charge in [0.1, 0.15) is 0 Å². The van der Waals surface area contributed by atoms with Gasteiger partial charge in [-0.3, -0.25) is 4.79 Å². The van der Waals surface area contributed by atoms with E-state index in [0.717, 1.165) is 23.5 Å². The molecule has 0 saturated carbocycles. The predicted molar refractivity (Wildman–Crippen MR) is 91.4 cm³/mol. The summed E-state index contributed by atoms with van der Waals surface area (Å²) >= 11 is 0. The van der Waals surface area contributed by atoms with Crippen LogP contribution in [0.3, 0.4) is 0 Å². The van der Waals surface area contributed by atoms with Crippen LogP contribution in [0.4, 0.5) is 0 Å². The second kappa shape index (κ2) is 10.7. The first-order valence-corrected chi connectivity index (χ1v) is 7.37. The van der Waals surface area contributed by atoms with Gasteiger partial charge in [0.05, 0.1) is 11.4 Å². The van der Waals surface area contributed by atoms with Crippen molar-refractivity contribution in [2.75, 3.05) is 0 Å². The number of carbonyl (C=O) groups excluding carboxylic acids is 1. The molecule has 0 aromatic heterocycles. The van der Waals surface area contributed by atoms with Crippen molar-refractivity contribution < 1.29 is 4.79 Å². The van der Waals surface area contributed by atoms with Crippen molar-refractivity contribution in [1.29, 1.82) is 0 Å². The molecule has 0 radical (unpaired) electrons. The average Bonchev–Trinajstić information content (AvgIpc) is 2.48. The fraction of sp³-hybridized carbons (Fsp3) is 0.389. The first-order chi connectivity index (χ1) is 9.99. The molecule has 0 aromatic carbocycles. The molecule has 3 nitrogen and oxygen atoms in total. The van der Waals surface area contributed by atoms with E-state index in [1.54, 1.807) is 18.2 Å². The smallest absolute Gasteiger partial charge is 0.201 e. The maximum Gasteiger partial charge on any atom is 0.201 e. The molecule has 0 rings (SSSR count). The molecule has 3 heteroatoms. The normalized spacial score (nSPS) is 14.6. The Morgan fingerprint density at radius 3 is 2.14 bits per heavy atom. The monoisotopic (exact) mass is 288 g/mol. The Labute approximate surface area is 129 Å². The number of rotatable bonds is 8. The molecule has 0 amide bonds. The van der Waals surface area contributed by atoms with E-state index in [1.807, 2.05) is 46.8 Å². The topological polar surface area (TPSA) is 41.1 Å². The molecule has 0 aliphatic rings. The Bertz CT molecular complexity index is 491. The lowest BCUT2D eigenvalue weighted by Crippen LogP contribution is -2.22. The quantitative estimate of drug-likeness (QED) is 0.516. The molecule has 0 saturated heterocycles. The first kappa shape index (κ1) is 19.0. The van der Waals surface area contributed by atoms with Crippen molar-refractivity contribution >= 4 is 5.78 Å². The highest BCUT2D eigenvalue weighted by atomic mass is 16.1. The summed E-state index contributed by atoms with van der Waals surface area (Å²) in [7, 11) is 0. The van der Waals surface area contributed by atoms with Gasteiger partial charge in [-0.25, -0.2) is 0 Å². The van der Waals surface area contributed by atoms with Gasteiger partial charge in [0, 0.05) is 11.4 Å². The standard InChI is InChI=1S/C18H28N2O/c1-7-11-13-17(19-14(5)9-3)15(6)20-16(10-4)18(21)12-8-2/h8-13,19-20H,7H2,1-6H3/b12-8-,13-11-,14-9+,16-10+,17-15-. The Hall–Kier alpha value is -2.03. The van der Waals surface area contributed by atoms with Gasteiger partial charge in [-0.15, -0.1) is 0 Å². The van der Waals surface area contributed by atoms with E-state index in [9.17, 15) is 4.79 Å². The first-order valence-electron chi connectivity index (χ1n) is 7.37. The third-order valence-corrected chi connectivity index (χ3v) is 2.88. The van der Waals surface area contributed by atoms with E-state index in [2.05, 4.69) is 23.6 Å². The largest absolute Gasteiger partial charge is 0.358 e. The zero-order valence-electron chi connectivity index (χ0n) is 14.1. The summed E-state index contributed by atoms with van der Waals surface area (Å²) in [5.41, 5.74) is 3.51. The highest BCUT2D eigenvalue weighted by Crippen LogP contribution is 2.07. The summed E-state index contributed by atoms with van der Waals surface area (Å²) < 4.78 is 0. The van der Waals surface area contributed by atoms with E-state index in [-0.39, 0.29) is 5.78 Å². The summed E-state index contributed by atoms with van der Waals surface area (Å²) in [6.45, 7) is 11.7.